The molecule has 1 atom stereocenters. The van der Waals surface area contributed by atoms with Gasteiger partial charge in [0.2, 0.25) is 0 Å². The van der Waals surface area contributed by atoms with E-state index >= 15 is 0 Å². The smallest absolute Gasteiger partial charge is 0.313 e. The fourth-order valence-corrected chi connectivity index (χ4v) is 4.09. The molecule has 0 fully saturated rings. The molecule has 33 heavy (non-hydrogen) atoms. The van der Waals surface area contributed by atoms with Gasteiger partial charge < -0.3 is 9.15 Å². The van der Waals surface area contributed by atoms with Crippen molar-refractivity contribution in [3.63, 3.8) is 0 Å². The topological polar surface area (TPSA) is 74.3 Å². The van der Waals surface area contributed by atoms with Crippen molar-refractivity contribution >= 4 is 45.3 Å². The van der Waals surface area contributed by atoms with Crippen molar-refractivity contribution in [1.29, 1.82) is 0 Å². The minimum absolute atomic E-state index is 0.185. The van der Waals surface area contributed by atoms with Crippen LogP contribution >= 0.6 is 11.6 Å². The standard InChI is InChI=1S/C26H19ClN2O4/c1-16(26(31)33-13-17-5-3-2-4-6-17)18-7-9-20-21-12-19(27)8-10-23(21)29(24(20)11-18)25(30)22-14-32-15-28-22/h2-12,14-16H,13H2,1H3. The van der Waals surface area contributed by atoms with E-state index in [4.69, 9.17) is 20.8 Å². The average molecular weight is 459 g/mol. The Labute approximate surface area is 194 Å². The van der Waals surface area contributed by atoms with Crippen molar-refractivity contribution < 1.29 is 18.7 Å². The maximum Gasteiger partial charge on any atom is 0.313 e. The van der Waals surface area contributed by atoms with Crippen molar-refractivity contribution in [3.8, 4) is 0 Å². The second-order valence-corrected chi connectivity index (χ2v) is 8.20. The number of ether oxygens (including phenoxy) is 1. The molecule has 7 heteroatoms. The van der Waals surface area contributed by atoms with E-state index in [0.29, 0.717) is 16.1 Å². The Kier molecular flexibility index (Phi) is 5.44. The van der Waals surface area contributed by atoms with Crippen molar-refractivity contribution in [2.75, 3.05) is 0 Å². The Morgan fingerprint density at radius 1 is 1.03 bits per heavy atom. The van der Waals surface area contributed by atoms with Crippen LogP contribution in [0.2, 0.25) is 5.02 Å². The minimum atomic E-state index is -0.518. The fourth-order valence-electron chi connectivity index (χ4n) is 3.92. The lowest BCUT2D eigenvalue weighted by Crippen LogP contribution is -2.14. The molecule has 1 unspecified atom stereocenters. The predicted octanol–water partition coefficient (Wildman–Crippen LogP) is 5.97. The highest BCUT2D eigenvalue weighted by atomic mass is 35.5. The van der Waals surface area contributed by atoms with E-state index in [-0.39, 0.29) is 24.2 Å². The average Bonchev–Trinajstić information content (AvgIpc) is 3.48. The lowest BCUT2D eigenvalue weighted by atomic mass is 9.99. The van der Waals surface area contributed by atoms with Gasteiger partial charge >= 0.3 is 5.97 Å². The number of oxazole rings is 1. The van der Waals surface area contributed by atoms with Gasteiger partial charge in [-0.2, -0.15) is 0 Å². The van der Waals surface area contributed by atoms with Gasteiger partial charge in [-0.15, -0.1) is 0 Å². The molecule has 0 saturated heterocycles. The zero-order chi connectivity index (χ0) is 22.9. The number of hydrogen-bond donors (Lipinski definition) is 0. The molecule has 0 saturated carbocycles. The molecule has 0 aliphatic heterocycles. The second kappa shape index (κ2) is 8.56. The molecule has 0 spiro atoms. The van der Waals surface area contributed by atoms with Gasteiger partial charge in [0.1, 0.15) is 12.9 Å². The van der Waals surface area contributed by atoms with Gasteiger partial charge in [-0.25, -0.2) is 4.98 Å². The SMILES string of the molecule is CC(C(=O)OCc1ccccc1)c1ccc2c3cc(Cl)ccc3n(C(=O)c3cocn3)c2c1. The maximum absolute atomic E-state index is 13.3. The Morgan fingerprint density at radius 2 is 1.85 bits per heavy atom. The Hall–Kier alpha value is -3.90. The number of carbonyl (C=O) groups is 2. The predicted molar refractivity (Wildman–Crippen MR) is 125 cm³/mol. The largest absolute Gasteiger partial charge is 0.460 e. The van der Waals surface area contributed by atoms with Gasteiger partial charge in [-0.05, 0) is 42.3 Å². The molecule has 3 aromatic carbocycles. The van der Waals surface area contributed by atoms with E-state index in [1.165, 1.54) is 12.7 Å². The number of hydrogen-bond acceptors (Lipinski definition) is 5. The number of halogens is 1. The summed E-state index contributed by atoms with van der Waals surface area (Å²) in [4.78, 5) is 30.0. The molecular weight excluding hydrogens is 440 g/mol. The lowest BCUT2D eigenvalue weighted by molar-refractivity contribution is -0.146. The van der Waals surface area contributed by atoms with Crippen LogP contribution in [0, 0.1) is 0 Å². The molecule has 0 amide bonds. The summed E-state index contributed by atoms with van der Waals surface area (Å²) in [6.07, 6.45) is 2.53. The van der Waals surface area contributed by atoms with E-state index in [2.05, 4.69) is 4.98 Å². The van der Waals surface area contributed by atoms with Crippen LogP contribution in [-0.2, 0) is 16.1 Å². The van der Waals surface area contributed by atoms with Crippen LogP contribution < -0.4 is 0 Å². The van der Waals surface area contributed by atoms with Crippen molar-refractivity contribution in [3.05, 3.63) is 101 Å². The number of rotatable bonds is 5. The van der Waals surface area contributed by atoms with E-state index in [1.807, 2.05) is 54.6 Å². The van der Waals surface area contributed by atoms with Crippen LogP contribution in [0.15, 0.2) is 83.8 Å². The normalized spacial score (nSPS) is 12.2. The summed E-state index contributed by atoms with van der Waals surface area (Å²) in [6, 6.07) is 20.5. The third-order valence-electron chi connectivity index (χ3n) is 5.68. The first kappa shape index (κ1) is 21.0. The Morgan fingerprint density at radius 3 is 2.61 bits per heavy atom. The molecule has 0 aliphatic rings. The third-order valence-corrected chi connectivity index (χ3v) is 5.92. The van der Waals surface area contributed by atoms with Gasteiger partial charge in [-0.1, -0.05) is 54.1 Å². The van der Waals surface area contributed by atoms with Gasteiger partial charge in [0.25, 0.3) is 5.91 Å². The molecule has 5 aromatic rings. The summed E-state index contributed by atoms with van der Waals surface area (Å²) in [5.41, 5.74) is 3.19. The molecule has 5 rings (SSSR count). The van der Waals surface area contributed by atoms with Crippen LogP contribution in [-0.4, -0.2) is 21.4 Å². The van der Waals surface area contributed by atoms with Crippen LogP contribution in [0.25, 0.3) is 21.8 Å². The highest BCUT2D eigenvalue weighted by Gasteiger charge is 2.23. The van der Waals surface area contributed by atoms with Crippen molar-refractivity contribution in [2.45, 2.75) is 19.4 Å². The molecule has 2 aromatic heterocycles. The number of esters is 1. The van der Waals surface area contributed by atoms with E-state index < -0.39 is 5.92 Å². The van der Waals surface area contributed by atoms with Crippen LogP contribution in [0.5, 0.6) is 0 Å². The van der Waals surface area contributed by atoms with E-state index in [1.54, 1.807) is 23.6 Å². The maximum atomic E-state index is 13.3. The molecule has 0 aliphatic carbocycles. The lowest BCUT2D eigenvalue weighted by Gasteiger charge is -2.13. The summed E-state index contributed by atoms with van der Waals surface area (Å²) >= 11 is 6.23. The van der Waals surface area contributed by atoms with Gasteiger partial charge in [0.05, 0.1) is 17.0 Å². The zero-order valence-electron chi connectivity index (χ0n) is 17.7. The first-order chi connectivity index (χ1) is 16.0. The summed E-state index contributed by atoms with van der Waals surface area (Å²) in [7, 11) is 0. The number of nitrogens with zero attached hydrogens (tertiary/aromatic N) is 2. The van der Waals surface area contributed by atoms with Crippen LogP contribution in [0.1, 0.15) is 34.5 Å². The monoisotopic (exact) mass is 458 g/mol. The molecular formula is C26H19ClN2O4. The summed E-state index contributed by atoms with van der Waals surface area (Å²) in [5, 5.41) is 2.25. The zero-order valence-corrected chi connectivity index (χ0v) is 18.5. The Bertz CT molecular complexity index is 1470. The van der Waals surface area contributed by atoms with Crippen LogP contribution in [0.3, 0.4) is 0 Å². The first-order valence-corrected chi connectivity index (χ1v) is 10.8. The minimum Gasteiger partial charge on any atom is -0.460 e. The molecule has 164 valence electrons. The van der Waals surface area contributed by atoms with Crippen molar-refractivity contribution in [1.82, 2.24) is 9.55 Å². The van der Waals surface area contributed by atoms with Crippen molar-refractivity contribution in [2.24, 2.45) is 0 Å². The molecule has 0 bridgehead atoms. The quantitative estimate of drug-likeness (QED) is 0.303. The Balaban J connectivity index is 1.55. The highest BCUT2D eigenvalue weighted by molar-refractivity contribution is 6.32. The molecule has 6 nitrogen and oxygen atoms in total. The summed E-state index contributed by atoms with van der Waals surface area (Å²) in [5.74, 6) is -1.19. The number of fused-ring (bicyclic) bond motifs is 3. The molecule has 2 heterocycles. The number of aromatic nitrogens is 2. The third kappa shape index (κ3) is 3.90. The van der Waals surface area contributed by atoms with Gasteiger partial charge in [-0.3, -0.25) is 14.2 Å². The van der Waals surface area contributed by atoms with E-state index in [0.717, 1.165) is 21.9 Å². The van der Waals surface area contributed by atoms with E-state index in [9.17, 15) is 9.59 Å². The fraction of sp³-hybridized carbons (Fsp3) is 0.115. The van der Waals surface area contributed by atoms with Gasteiger partial charge in [0.15, 0.2) is 12.1 Å². The second-order valence-electron chi connectivity index (χ2n) is 7.77. The summed E-state index contributed by atoms with van der Waals surface area (Å²) in [6.45, 7) is 1.99. The highest BCUT2D eigenvalue weighted by Crippen LogP contribution is 2.34. The van der Waals surface area contributed by atoms with Crippen LogP contribution in [0.4, 0.5) is 0 Å². The summed E-state index contributed by atoms with van der Waals surface area (Å²) < 4.78 is 12.1. The molecule has 0 radical (unpaired) electrons. The number of benzene rings is 3. The first-order valence-electron chi connectivity index (χ1n) is 10.4. The number of carbonyl (C=O) groups excluding carboxylic acids is 2. The van der Waals surface area contributed by atoms with Gasteiger partial charge in [0, 0.05) is 15.8 Å². The molecule has 0 N–H and O–H groups in total.